The molecular weight excluding hydrogens is 843 g/mol. The second-order valence-corrected chi connectivity index (χ2v) is 19.1. The SMILES string of the molecule is CCCCC/C=C\C/C=C\CCCCCCCCCCCC(=O)O[C@H](COC(=O)CCCCCCCC1OC1C/C=C\CCCCC)COP(=O)(O)OC1[C@H](O)[C@H](O)C(O)[C@H](O)[C@H]1O. The molecule has 14 nitrogen and oxygen atoms in total. The Morgan fingerprint density at radius 1 is 0.562 bits per heavy atom. The van der Waals surface area contributed by atoms with E-state index in [4.69, 9.17) is 23.3 Å². The number of phosphoric acid groups is 1. The third-order valence-electron chi connectivity index (χ3n) is 11.9. The van der Waals surface area contributed by atoms with Gasteiger partial charge < -0.3 is 44.6 Å². The lowest BCUT2D eigenvalue weighted by Gasteiger charge is -2.41. The molecule has 1 heterocycles. The fourth-order valence-corrected chi connectivity index (χ4v) is 8.71. The molecule has 10 atom stereocenters. The van der Waals surface area contributed by atoms with Crippen molar-refractivity contribution in [3.05, 3.63) is 36.5 Å². The summed E-state index contributed by atoms with van der Waals surface area (Å²) >= 11 is 0. The number of allylic oxidation sites excluding steroid dienone is 5. The van der Waals surface area contributed by atoms with Gasteiger partial charge in [-0.3, -0.25) is 18.6 Å². The minimum absolute atomic E-state index is 0.0855. The molecule has 15 heteroatoms. The molecule has 372 valence electrons. The van der Waals surface area contributed by atoms with E-state index in [1.54, 1.807) is 0 Å². The Balaban J connectivity index is 1.68. The zero-order valence-electron chi connectivity index (χ0n) is 39.3. The van der Waals surface area contributed by atoms with Crippen LogP contribution in [0.1, 0.15) is 194 Å². The zero-order valence-corrected chi connectivity index (χ0v) is 40.2. The van der Waals surface area contributed by atoms with Gasteiger partial charge in [0.25, 0.3) is 0 Å². The molecule has 1 saturated carbocycles. The van der Waals surface area contributed by atoms with Crippen molar-refractivity contribution in [1.29, 1.82) is 0 Å². The van der Waals surface area contributed by atoms with Crippen molar-refractivity contribution in [3.8, 4) is 0 Å². The maximum Gasteiger partial charge on any atom is 0.472 e. The largest absolute Gasteiger partial charge is 0.472 e. The minimum atomic E-state index is -5.13. The van der Waals surface area contributed by atoms with E-state index in [9.17, 15) is 44.6 Å². The number of esters is 2. The van der Waals surface area contributed by atoms with E-state index in [2.05, 4.69) is 50.3 Å². The lowest BCUT2D eigenvalue weighted by atomic mass is 9.85. The number of aliphatic hydroxyl groups excluding tert-OH is 5. The third-order valence-corrected chi connectivity index (χ3v) is 12.9. The lowest BCUT2D eigenvalue weighted by Crippen LogP contribution is -2.64. The van der Waals surface area contributed by atoms with E-state index < -0.39 is 75.7 Å². The fraction of sp³-hybridized carbons (Fsp3) is 0.837. The molecule has 1 saturated heterocycles. The lowest BCUT2D eigenvalue weighted by molar-refractivity contribution is -0.220. The number of hydrogen-bond donors (Lipinski definition) is 6. The van der Waals surface area contributed by atoms with E-state index in [0.29, 0.717) is 25.0 Å². The summed E-state index contributed by atoms with van der Waals surface area (Å²) in [5.74, 6) is -1.12. The highest BCUT2D eigenvalue weighted by molar-refractivity contribution is 7.47. The summed E-state index contributed by atoms with van der Waals surface area (Å²) in [6.45, 7) is 3.23. The number of carbonyl (C=O) groups excluding carboxylic acids is 2. The number of epoxide rings is 1. The van der Waals surface area contributed by atoms with Crippen LogP contribution < -0.4 is 0 Å². The van der Waals surface area contributed by atoms with Crippen LogP contribution in [-0.2, 0) is 37.4 Å². The van der Waals surface area contributed by atoms with E-state index >= 15 is 0 Å². The predicted molar refractivity (Wildman–Crippen MR) is 248 cm³/mol. The summed E-state index contributed by atoms with van der Waals surface area (Å²) in [6.07, 6.45) is 29.2. The van der Waals surface area contributed by atoms with Crippen molar-refractivity contribution in [1.82, 2.24) is 0 Å². The van der Waals surface area contributed by atoms with Crippen molar-refractivity contribution in [3.63, 3.8) is 0 Å². The third kappa shape index (κ3) is 27.6. The van der Waals surface area contributed by atoms with Gasteiger partial charge in [-0.05, 0) is 70.6 Å². The Kier molecular flexibility index (Phi) is 32.8. The van der Waals surface area contributed by atoms with E-state index in [0.717, 1.165) is 83.5 Å². The summed E-state index contributed by atoms with van der Waals surface area (Å²) < 4.78 is 39.4. The van der Waals surface area contributed by atoms with Crippen molar-refractivity contribution in [2.45, 2.75) is 249 Å². The average Bonchev–Trinajstić information content (AvgIpc) is 4.03. The van der Waals surface area contributed by atoms with E-state index in [1.807, 2.05) is 0 Å². The molecule has 6 N–H and O–H groups in total. The molecule has 0 aromatic heterocycles. The first-order chi connectivity index (χ1) is 30.9. The maximum absolute atomic E-state index is 12.8. The first-order valence-electron chi connectivity index (χ1n) is 24.9. The predicted octanol–water partition coefficient (Wildman–Crippen LogP) is 9.16. The standard InChI is InChI=1S/C49H87O14P/c1-3-5-7-9-11-12-13-14-15-16-17-18-19-20-21-22-23-27-32-36-43(51)61-39(38-60-64(57,58)63-49-47(55)45(53)44(52)46(54)48(49)56)37-59-42(50)35-31-28-24-26-30-34-41-40(62-41)33-29-25-10-8-6-4-2/h11-12,14-15,25,29,39-41,44-49,52-56H,3-10,13,16-24,26-28,30-38H2,1-2H3,(H,57,58)/b12-11-,15-14-,29-25-/t39-,40?,41?,44?,45-,46+,47-,48-,49?/m1/s1. The van der Waals surface area contributed by atoms with E-state index in [1.165, 1.54) is 70.6 Å². The smallest absolute Gasteiger partial charge is 0.462 e. The zero-order chi connectivity index (χ0) is 46.8. The van der Waals surface area contributed by atoms with E-state index in [-0.39, 0.29) is 12.8 Å². The number of rotatable bonds is 40. The first kappa shape index (κ1) is 58.2. The second kappa shape index (κ2) is 36.1. The number of hydrogen-bond acceptors (Lipinski definition) is 13. The van der Waals surface area contributed by atoms with Gasteiger partial charge in [0, 0.05) is 12.8 Å². The molecule has 1 aliphatic heterocycles. The quantitative estimate of drug-likeness (QED) is 0.0111. The van der Waals surface area contributed by atoms with Gasteiger partial charge >= 0.3 is 19.8 Å². The molecule has 2 aliphatic rings. The molecule has 2 rings (SSSR count). The summed E-state index contributed by atoms with van der Waals surface area (Å²) in [5, 5.41) is 50.2. The van der Waals surface area contributed by atoms with Gasteiger partial charge in [0.15, 0.2) is 6.10 Å². The molecule has 0 radical (unpaired) electrons. The van der Waals surface area contributed by atoms with Crippen LogP contribution in [0.3, 0.4) is 0 Å². The Morgan fingerprint density at radius 2 is 1.03 bits per heavy atom. The van der Waals surface area contributed by atoms with Gasteiger partial charge in [0.1, 0.15) is 43.2 Å². The van der Waals surface area contributed by atoms with Crippen LogP contribution in [-0.4, -0.2) is 111 Å². The van der Waals surface area contributed by atoms with Gasteiger partial charge in [-0.15, -0.1) is 0 Å². The van der Waals surface area contributed by atoms with Crippen LogP contribution in [0.25, 0.3) is 0 Å². The molecule has 0 aromatic rings. The Hall–Kier alpha value is -1.97. The summed E-state index contributed by atoms with van der Waals surface area (Å²) in [5.41, 5.74) is 0. The summed E-state index contributed by atoms with van der Waals surface area (Å²) in [6, 6.07) is 0. The number of unbranched alkanes of at least 4 members (excludes halogenated alkanes) is 19. The number of phosphoric ester groups is 1. The second-order valence-electron chi connectivity index (χ2n) is 17.7. The Bertz CT molecular complexity index is 1330. The van der Waals surface area contributed by atoms with Crippen LogP contribution >= 0.6 is 7.82 Å². The van der Waals surface area contributed by atoms with Crippen LogP contribution in [0.2, 0.25) is 0 Å². The summed E-state index contributed by atoms with van der Waals surface area (Å²) in [7, 11) is -5.13. The van der Waals surface area contributed by atoms with Crippen molar-refractivity contribution in [2.24, 2.45) is 0 Å². The highest BCUT2D eigenvalue weighted by atomic mass is 31.2. The Labute approximate surface area is 384 Å². The first-order valence-corrected chi connectivity index (χ1v) is 26.4. The maximum atomic E-state index is 12.8. The molecule has 2 fully saturated rings. The van der Waals surface area contributed by atoms with Crippen LogP contribution in [0.15, 0.2) is 36.5 Å². The fourth-order valence-electron chi connectivity index (χ4n) is 7.74. The highest BCUT2D eigenvalue weighted by Gasteiger charge is 2.51. The molecule has 0 bridgehead atoms. The number of ether oxygens (including phenoxy) is 3. The van der Waals surface area contributed by atoms with Gasteiger partial charge in [0.05, 0.1) is 18.8 Å². The number of carbonyl (C=O) groups is 2. The average molecular weight is 931 g/mol. The highest BCUT2D eigenvalue weighted by Crippen LogP contribution is 2.47. The summed E-state index contributed by atoms with van der Waals surface area (Å²) in [4.78, 5) is 35.8. The molecule has 0 amide bonds. The van der Waals surface area contributed by atoms with Crippen molar-refractivity contribution >= 4 is 19.8 Å². The monoisotopic (exact) mass is 931 g/mol. The molecule has 0 spiro atoms. The van der Waals surface area contributed by atoms with Gasteiger partial charge in [0.2, 0.25) is 0 Å². The van der Waals surface area contributed by atoms with Crippen LogP contribution in [0, 0.1) is 0 Å². The molecule has 64 heavy (non-hydrogen) atoms. The Morgan fingerprint density at radius 3 is 1.59 bits per heavy atom. The minimum Gasteiger partial charge on any atom is -0.462 e. The van der Waals surface area contributed by atoms with Crippen LogP contribution in [0.4, 0.5) is 0 Å². The molecule has 0 aromatic carbocycles. The molecule has 1 aliphatic carbocycles. The van der Waals surface area contributed by atoms with Crippen molar-refractivity contribution < 1.29 is 67.8 Å². The van der Waals surface area contributed by atoms with Crippen LogP contribution in [0.5, 0.6) is 0 Å². The van der Waals surface area contributed by atoms with Gasteiger partial charge in [-0.2, -0.15) is 0 Å². The topological polar surface area (TPSA) is 222 Å². The van der Waals surface area contributed by atoms with Gasteiger partial charge in [-0.25, -0.2) is 4.57 Å². The van der Waals surface area contributed by atoms with Gasteiger partial charge in [-0.1, -0.05) is 147 Å². The van der Waals surface area contributed by atoms with Crippen molar-refractivity contribution in [2.75, 3.05) is 13.2 Å². The molecular formula is C49H87O14P. The molecule has 5 unspecified atom stereocenters. The number of aliphatic hydroxyl groups is 5. The normalized spacial score (nSPS) is 25.0.